The molecule has 3 rings (SSSR count). The molecule has 1 fully saturated rings. The average Bonchev–Trinajstić information content (AvgIpc) is 3.02. The Bertz CT molecular complexity index is 648. The quantitative estimate of drug-likeness (QED) is 0.833. The second kappa shape index (κ2) is 7.15. The lowest BCUT2D eigenvalue weighted by Gasteiger charge is -2.19. The van der Waals surface area contributed by atoms with Gasteiger partial charge in [0.25, 0.3) is 0 Å². The lowest BCUT2D eigenvalue weighted by atomic mass is 9.95. The Labute approximate surface area is 134 Å². The largest absolute Gasteiger partial charge is 0.464 e. The number of nitrogens with one attached hydrogen (secondary N) is 1. The highest BCUT2D eigenvalue weighted by molar-refractivity contribution is 5.86. The molecular formula is C16H18N4O3. The first-order valence-electron chi connectivity index (χ1n) is 7.40. The van der Waals surface area contributed by atoms with Crippen LogP contribution in [0.2, 0.25) is 0 Å². The number of esters is 1. The maximum absolute atomic E-state index is 11.4. The monoisotopic (exact) mass is 314 g/mol. The number of pyridine rings is 1. The molecule has 2 aromatic heterocycles. The van der Waals surface area contributed by atoms with Gasteiger partial charge in [0.1, 0.15) is 5.82 Å². The van der Waals surface area contributed by atoms with Crippen LogP contribution in [-0.2, 0) is 15.9 Å². The van der Waals surface area contributed by atoms with Gasteiger partial charge in [0.2, 0.25) is 0 Å². The van der Waals surface area contributed by atoms with Crippen LogP contribution in [0, 0.1) is 5.92 Å². The van der Waals surface area contributed by atoms with Crippen molar-refractivity contribution in [1.29, 1.82) is 0 Å². The van der Waals surface area contributed by atoms with Crippen molar-refractivity contribution in [2.75, 3.05) is 25.6 Å². The first-order chi connectivity index (χ1) is 11.3. The molecule has 2 aromatic rings. The molecular weight excluding hydrogens is 296 g/mol. The fraction of sp³-hybridized carbons (Fsp3) is 0.375. The molecule has 0 unspecified atom stereocenters. The summed E-state index contributed by atoms with van der Waals surface area (Å²) in [7, 11) is 1.32. The predicted molar refractivity (Wildman–Crippen MR) is 83.0 cm³/mol. The van der Waals surface area contributed by atoms with E-state index < -0.39 is 5.97 Å². The van der Waals surface area contributed by atoms with E-state index in [4.69, 9.17) is 4.74 Å². The molecule has 0 aliphatic carbocycles. The average molecular weight is 314 g/mol. The fourth-order valence-electron chi connectivity index (χ4n) is 2.58. The number of ether oxygens (including phenoxy) is 2. The summed E-state index contributed by atoms with van der Waals surface area (Å²) in [5.74, 6) is 0.469. The van der Waals surface area contributed by atoms with E-state index in [0.29, 0.717) is 24.9 Å². The van der Waals surface area contributed by atoms with E-state index in [2.05, 4.69) is 25.0 Å². The fourth-order valence-corrected chi connectivity index (χ4v) is 2.58. The number of rotatable bonds is 5. The minimum Gasteiger partial charge on any atom is -0.464 e. The number of aromatic nitrogens is 3. The Morgan fingerprint density at radius 3 is 2.83 bits per heavy atom. The Balaban J connectivity index is 1.63. The summed E-state index contributed by atoms with van der Waals surface area (Å²) in [5, 5.41) is 3.33. The molecule has 1 N–H and O–H groups in total. The van der Waals surface area contributed by atoms with Gasteiger partial charge in [-0.15, -0.1) is 0 Å². The summed E-state index contributed by atoms with van der Waals surface area (Å²) in [6.45, 7) is 1.32. The molecule has 1 aliphatic heterocycles. The summed E-state index contributed by atoms with van der Waals surface area (Å²) in [6.07, 6.45) is 7.44. The van der Waals surface area contributed by atoms with E-state index >= 15 is 0 Å². The van der Waals surface area contributed by atoms with Crippen LogP contribution in [0.15, 0.2) is 36.9 Å². The van der Waals surface area contributed by atoms with E-state index in [1.165, 1.54) is 25.1 Å². The van der Waals surface area contributed by atoms with Crippen molar-refractivity contribution in [3.05, 3.63) is 48.2 Å². The van der Waals surface area contributed by atoms with Crippen LogP contribution in [0.5, 0.6) is 0 Å². The van der Waals surface area contributed by atoms with E-state index in [1.54, 1.807) is 12.4 Å². The van der Waals surface area contributed by atoms with Crippen LogP contribution in [-0.4, -0.2) is 47.3 Å². The third-order valence-corrected chi connectivity index (χ3v) is 3.83. The van der Waals surface area contributed by atoms with Crippen LogP contribution >= 0.6 is 0 Å². The van der Waals surface area contributed by atoms with Gasteiger partial charge in [-0.25, -0.2) is 14.8 Å². The zero-order valence-corrected chi connectivity index (χ0v) is 12.8. The zero-order valence-electron chi connectivity index (χ0n) is 12.8. The third kappa shape index (κ3) is 3.81. The van der Waals surface area contributed by atoms with Gasteiger partial charge in [0.05, 0.1) is 38.8 Å². The molecule has 0 bridgehead atoms. The second-order valence-electron chi connectivity index (χ2n) is 5.39. The number of hydrogen-bond acceptors (Lipinski definition) is 7. The molecule has 0 spiro atoms. The molecule has 0 radical (unpaired) electrons. The van der Waals surface area contributed by atoms with Crippen LogP contribution in [0.4, 0.5) is 5.82 Å². The molecule has 1 saturated heterocycles. The van der Waals surface area contributed by atoms with Crippen molar-refractivity contribution in [3.8, 4) is 0 Å². The molecule has 120 valence electrons. The van der Waals surface area contributed by atoms with Crippen molar-refractivity contribution in [3.63, 3.8) is 0 Å². The van der Waals surface area contributed by atoms with Gasteiger partial charge in [-0.3, -0.25) is 4.98 Å². The smallest absolute Gasteiger partial charge is 0.358 e. The van der Waals surface area contributed by atoms with Crippen LogP contribution in [0.25, 0.3) is 0 Å². The number of carbonyl (C=O) groups is 1. The molecule has 3 heterocycles. The van der Waals surface area contributed by atoms with Crippen molar-refractivity contribution < 1.29 is 14.3 Å². The minimum atomic E-state index is -0.496. The standard InChI is InChI=1S/C16H18N4O3/c1-22-16(21)13-7-19-15(8-18-13)20-14-10-23-9-12(14)6-11-2-4-17-5-3-11/h2-5,7-8,12,14H,6,9-10H2,1H3,(H,19,20)/t12-,14-/m1/s1. The Kier molecular flexibility index (Phi) is 4.77. The molecule has 0 aromatic carbocycles. The zero-order chi connectivity index (χ0) is 16.1. The van der Waals surface area contributed by atoms with Gasteiger partial charge in [-0.2, -0.15) is 0 Å². The maximum atomic E-state index is 11.4. The van der Waals surface area contributed by atoms with E-state index in [1.807, 2.05) is 12.1 Å². The van der Waals surface area contributed by atoms with Crippen molar-refractivity contribution in [2.24, 2.45) is 5.92 Å². The summed E-state index contributed by atoms with van der Waals surface area (Å²) in [4.78, 5) is 23.7. The summed E-state index contributed by atoms with van der Waals surface area (Å²) in [6, 6.07) is 4.18. The lowest BCUT2D eigenvalue weighted by Crippen LogP contribution is -2.29. The second-order valence-corrected chi connectivity index (χ2v) is 5.39. The number of carbonyl (C=O) groups excluding carboxylic acids is 1. The molecule has 23 heavy (non-hydrogen) atoms. The highest BCUT2D eigenvalue weighted by Crippen LogP contribution is 2.21. The molecule has 2 atom stereocenters. The molecule has 0 amide bonds. The van der Waals surface area contributed by atoms with Gasteiger partial charge in [-0.1, -0.05) is 0 Å². The predicted octanol–water partition coefficient (Wildman–Crippen LogP) is 1.33. The minimum absolute atomic E-state index is 0.154. The Morgan fingerprint density at radius 2 is 2.13 bits per heavy atom. The van der Waals surface area contributed by atoms with Crippen molar-refractivity contribution in [2.45, 2.75) is 12.5 Å². The number of anilines is 1. The topological polar surface area (TPSA) is 86.2 Å². The highest BCUT2D eigenvalue weighted by Gasteiger charge is 2.28. The van der Waals surface area contributed by atoms with Gasteiger partial charge in [0.15, 0.2) is 5.69 Å². The molecule has 1 aliphatic rings. The maximum Gasteiger partial charge on any atom is 0.358 e. The molecule has 0 saturated carbocycles. The normalized spacial score (nSPS) is 20.2. The van der Waals surface area contributed by atoms with Crippen LogP contribution in [0.1, 0.15) is 16.1 Å². The van der Waals surface area contributed by atoms with Gasteiger partial charge in [-0.05, 0) is 24.1 Å². The Hall–Kier alpha value is -2.54. The molecule has 7 heteroatoms. The van der Waals surface area contributed by atoms with Crippen molar-refractivity contribution in [1.82, 2.24) is 15.0 Å². The van der Waals surface area contributed by atoms with Gasteiger partial charge < -0.3 is 14.8 Å². The highest BCUT2D eigenvalue weighted by atomic mass is 16.5. The third-order valence-electron chi connectivity index (χ3n) is 3.83. The van der Waals surface area contributed by atoms with Gasteiger partial charge in [0, 0.05) is 18.3 Å². The van der Waals surface area contributed by atoms with E-state index in [9.17, 15) is 4.79 Å². The number of methoxy groups -OCH3 is 1. The summed E-state index contributed by atoms with van der Waals surface area (Å²) >= 11 is 0. The summed E-state index contributed by atoms with van der Waals surface area (Å²) in [5.41, 5.74) is 1.42. The first kappa shape index (κ1) is 15.4. The SMILES string of the molecule is COC(=O)c1cnc(N[C@@H]2COC[C@H]2Cc2ccncc2)cn1. The number of nitrogens with zero attached hydrogens (tertiary/aromatic N) is 3. The molecule has 7 nitrogen and oxygen atoms in total. The lowest BCUT2D eigenvalue weighted by molar-refractivity contribution is 0.0593. The van der Waals surface area contributed by atoms with Crippen molar-refractivity contribution >= 4 is 11.8 Å². The van der Waals surface area contributed by atoms with Crippen LogP contribution < -0.4 is 5.32 Å². The van der Waals surface area contributed by atoms with E-state index in [-0.39, 0.29) is 11.7 Å². The summed E-state index contributed by atoms with van der Waals surface area (Å²) < 4.78 is 10.2. The van der Waals surface area contributed by atoms with Crippen LogP contribution in [0.3, 0.4) is 0 Å². The van der Waals surface area contributed by atoms with Gasteiger partial charge >= 0.3 is 5.97 Å². The first-order valence-corrected chi connectivity index (χ1v) is 7.40. The number of hydrogen-bond donors (Lipinski definition) is 1. The van der Waals surface area contributed by atoms with E-state index in [0.717, 1.165) is 6.42 Å². The Morgan fingerprint density at radius 1 is 1.30 bits per heavy atom.